The van der Waals surface area contributed by atoms with Crippen LogP contribution in [0.15, 0.2) is 12.3 Å². The van der Waals surface area contributed by atoms with Gasteiger partial charge in [0, 0.05) is 45.0 Å². The minimum absolute atomic E-state index is 0. The van der Waals surface area contributed by atoms with E-state index in [9.17, 15) is 4.79 Å². The van der Waals surface area contributed by atoms with E-state index in [1.807, 2.05) is 24.2 Å². The number of aromatic nitrogens is 2. The van der Waals surface area contributed by atoms with Crippen LogP contribution in [0.2, 0.25) is 0 Å². The Morgan fingerprint density at radius 1 is 1.25 bits per heavy atom. The second-order valence-electron chi connectivity index (χ2n) is 7.35. The van der Waals surface area contributed by atoms with Crippen LogP contribution >= 0.6 is 24.8 Å². The maximum Gasteiger partial charge on any atom is 0.245 e. The molecule has 3 heterocycles. The highest BCUT2D eigenvalue weighted by Crippen LogP contribution is 2.31. The van der Waals surface area contributed by atoms with Crippen molar-refractivity contribution in [2.24, 2.45) is 18.2 Å². The minimum Gasteiger partial charge on any atom is -0.327 e. The minimum atomic E-state index is -0.0254. The quantitative estimate of drug-likeness (QED) is 0.853. The van der Waals surface area contributed by atoms with Gasteiger partial charge in [-0.25, -0.2) is 0 Å². The lowest BCUT2D eigenvalue weighted by Crippen LogP contribution is -2.60. The number of carbonyl (C=O) groups excluding carboxylic acids is 1. The van der Waals surface area contributed by atoms with Crippen molar-refractivity contribution in [3.05, 3.63) is 12.3 Å². The zero-order valence-corrected chi connectivity index (χ0v) is 16.3. The van der Waals surface area contributed by atoms with Gasteiger partial charge in [0.05, 0.1) is 6.04 Å². The summed E-state index contributed by atoms with van der Waals surface area (Å²) in [6.07, 6.45) is 4.80. The van der Waals surface area contributed by atoms with Crippen LogP contribution in [-0.2, 0) is 11.8 Å². The highest BCUT2D eigenvalue weighted by Gasteiger charge is 2.41. The monoisotopic (exact) mass is 377 g/mol. The number of nitrogens with zero attached hydrogens (tertiary/aromatic N) is 4. The summed E-state index contributed by atoms with van der Waals surface area (Å²) in [6.45, 7) is 6.97. The molecule has 1 aromatic heterocycles. The second-order valence-corrected chi connectivity index (χ2v) is 7.35. The molecular weight excluding hydrogens is 349 g/mol. The molecule has 138 valence electrons. The third-order valence-corrected chi connectivity index (χ3v) is 5.17. The SMILES string of the molecule is Cl.Cl.Cn1ccc(N2CCCC(N3CCC(N)C(C)(C)C3)C2=O)n1. The van der Waals surface area contributed by atoms with Gasteiger partial charge in [-0.1, -0.05) is 13.8 Å². The highest BCUT2D eigenvalue weighted by atomic mass is 35.5. The van der Waals surface area contributed by atoms with E-state index in [2.05, 4.69) is 23.8 Å². The largest absolute Gasteiger partial charge is 0.327 e. The van der Waals surface area contributed by atoms with Gasteiger partial charge >= 0.3 is 0 Å². The lowest BCUT2D eigenvalue weighted by Gasteiger charge is -2.47. The number of likely N-dealkylation sites (tertiary alicyclic amines) is 1. The molecular formula is C16H29Cl2N5O. The number of carbonyl (C=O) groups is 1. The Morgan fingerprint density at radius 2 is 1.96 bits per heavy atom. The van der Waals surface area contributed by atoms with Crippen molar-refractivity contribution in [3.63, 3.8) is 0 Å². The van der Waals surface area contributed by atoms with E-state index >= 15 is 0 Å². The van der Waals surface area contributed by atoms with Crippen molar-refractivity contribution in [1.82, 2.24) is 14.7 Å². The second kappa shape index (κ2) is 8.04. The Balaban J connectivity index is 0.00000144. The fraction of sp³-hybridized carbons (Fsp3) is 0.750. The third kappa shape index (κ3) is 4.04. The van der Waals surface area contributed by atoms with Gasteiger partial charge in [-0.3, -0.25) is 19.3 Å². The molecule has 2 unspecified atom stereocenters. The third-order valence-electron chi connectivity index (χ3n) is 5.17. The number of rotatable bonds is 2. The van der Waals surface area contributed by atoms with Crippen LogP contribution in [0.1, 0.15) is 33.1 Å². The van der Waals surface area contributed by atoms with Gasteiger partial charge in [0.2, 0.25) is 5.91 Å². The van der Waals surface area contributed by atoms with Crippen LogP contribution in [0, 0.1) is 5.41 Å². The molecule has 0 saturated carbocycles. The zero-order valence-electron chi connectivity index (χ0n) is 14.6. The molecule has 2 N–H and O–H groups in total. The number of piperidine rings is 2. The standard InChI is InChI=1S/C16H27N5O.2ClH/c1-16(2)11-20(10-6-13(16)17)12-5-4-8-21(15(12)22)14-7-9-19(3)18-14;;/h7,9,12-13H,4-6,8,10-11,17H2,1-3H3;2*1H. The van der Waals surface area contributed by atoms with E-state index in [0.717, 1.165) is 44.7 Å². The number of hydrogen-bond acceptors (Lipinski definition) is 4. The summed E-state index contributed by atoms with van der Waals surface area (Å²) in [5, 5.41) is 4.39. The summed E-state index contributed by atoms with van der Waals surface area (Å²) in [6, 6.07) is 2.10. The van der Waals surface area contributed by atoms with Crippen molar-refractivity contribution >= 4 is 36.5 Å². The number of anilines is 1. The summed E-state index contributed by atoms with van der Waals surface area (Å²) in [4.78, 5) is 17.1. The molecule has 1 aromatic rings. The molecule has 2 saturated heterocycles. The zero-order chi connectivity index (χ0) is 15.9. The molecule has 0 radical (unpaired) electrons. The van der Waals surface area contributed by atoms with Gasteiger partial charge in [0.1, 0.15) is 0 Å². The normalized spacial score (nSPS) is 27.3. The molecule has 3 rings (SSSR count). The average Bonchev–Trinajstić information content (AvgIpc) is 2.88. The predicted molar refractivity (Wildman–Crippen MR) is 101 cm³/mol. The van der Waals surface area contributed by atoms with E-state index in [0.29, 0.717) is 0 Å². The highest BCUT2D eigenvalue weighted by molar-refractivity contribution is 5.97. The van der Waals surface area contributed by atoms with E-state index in [4.69, 9.17) is 5.73 Å². The van der Waals surface area contributed by atoms with Gasteiger partial charge in [-0.05, 0) is 24.7 Å². The first-order valence-corrected chi connectivity index (χ1v) is 8.19. The summed E-state index contributed by atoms with van der Waals surface area (Å²) in [5.74, 6) is 0.960. The maximum atomic E-state index is 12.9. The Hall–Kier alpha value is -0.820. The van der Waals surface area contributed by atoms with Crippen molar-refractivity contribution in [2.45, 2.75) is 45.2 Å². The van der Waals surface area contributed by atoms with Crippen LogP contribution < -0.4 is 10.6 Å². The first-order chi connectivity index (χ1) is 10.4. The molecule has 2 atom stereocenters. The molecule has 2 aliphatic heterocycles. The summed E-state index contributed by atoms with van der Waals surface area (Å²) < 4.78 is 1.75. The average molecular weight is 378 g/mol. The number of halogens is 2. The number of nitrogens with two attached hydrogens (primary N) is 1. The van der Waals surface area contributed by atoms with E-state index in [-0.39, 0.29) is 48.2 Å². The molecule has 0 aliphatic carbocycles. The summed E-state index contributed by atoms with van der Waals surface area (Å²) in [7, 11) is 1.88. The molecule has 0 bridgehead atoms. The van der Waals surface area contributed by atoms with E-state index in [1.165, 1.54) is 0 Å². The molecule has 8 heteroatoms. The van der Waals surface area contributed by atoms with Crippen LogP contribution in [0.5, 0.6) is 0 Å². The molecule has 2 aliphatic rings. The van der Waals surface area contributed by atoms with Gasteiger partial charge in [0.15, 0.2) is 5.82 Å². The molecule has 24 heavy (non-hydrogen) atoms. The topological polar surface area (TPSA) is 67.4 Å². The number of aryl methyl sites for hydroxylation is 1. The van der Waals surface area contributed by atoms with Gasteiger partial charge in [-0.15, -0.1) is 24.8 Å². The van der Waals surface area contributed by atoms with Crippen molar-refractivity contribution in [2.75, 3.05) is 24.5 Å². The molecule has 0 spiro atoms. The van der Waals surface area contributed by atoms with Gasteiger partial charge in [-0.2, -0.15) is 5.10 Å². The van der Waals surface area contributed by atoms with Crippen LogP contribution in [-0.4, -0.2) is 52.3 Å². The van der Waals surface area contributed by atoms with Gasteiger partial charge < -0.3 is 5.73 Å². The summed E-state index contributed by atoms with van der Waals surface area (Å²) >= 11 is 0. The van der Waals surface area contributed by atoms with Gasteiger partial charge in [0.25, 0.3) is 0 Å². The van der Waals surface area contributed by atoms with Crippen molar-refractivity contribution < 1.29 is 4.79 Å². The molecule has 0 aromatic carbocycles. The van der Waals surface area contributed by atoms with Crippen molar-refractivity contribution in [1.29, 1.82) is 0 Å². The smallest absolute Gasteiger partial charge is 0.245 e. The van der Waals surface area contributed by atoms with Crippen LogP contribution in [0.25, 0.3) is 0 Å². The lowest BCUT2D eigenvalue weighted by molar-refractivity contribution is -0.127. The fourth-order valence-electron chi connectivity index (χ4n) is 3.65. The Labute approximate surface area is 156 Å². The Kier molecular flexibility index (Phi) is 7.11. The molecule has 6 nitrogen and oxygen atoms in total. The first-order valence-electron chi connectivity index (χ1n) is 8.19. The fourth-order valence-corrected chi connectivity index (χ4v) is 3.65. The molecule has 2 fully saturated rings. The van der Waals surface area contributed by atoms with Crippen LogP contribution in [0.3, 0.4) is 0 Å². The molecule has 1 amide bonds. The predicted octanol–water partition coefficient (Wildman–Crippen LogP) is 1.82. The first kappa shape index (κ1) is 21.2. The van der Waals surface area contributed by atoms with E-state index in [1.54, 1.807) is 4.68 Å². The maximum absolute atomic E-state index is 12.9. The lowest BCUT2D eigenvalue weighted by atomic mass is 9.79. The number of amides is 1. The summed E-state index contributed by atoms with van der Waals surface area (Å²) in [5.41, 5.74) is 6.29. The van der Waals surface area contributed by atoms with Crippen LogP contribution in [0.4, 0.5) is 5.82 Å². The Bertz CT molecular complexity index is 562. The Morgan fingerprint density at radius 3 is 2.54 bits per heavy atom. The number of hydrogen-bond donors (Lipinski definition) is 1. The van der Waals surface area contributed by atoms with E-state index < -0.39 is 0 Å². The van der Waals surface area contributed by atoms with Crippen molar-refractivity contribution in [3.8, 4) is 0 Å².